The number of nitrogens with zero attached hydrogens (tertiary/aromatic N) is 3. The Balaban J connectivity index is 1.32. The van der Waals surface area contributed by atoms with Crippen molar-refractivity contribution in [3.05, 3.63) is 151 Å². The van der Waals surface area contributed by atoms with E-state index in [1.807, 2.05) is 97.1 Å². The molecule has 5 nitrogen and oxygen atoms in total. The summed E-state index contributed by atoms with van der Waals surface area (Å²) < 4.78 is 91.7. The first kappa shape index (κ1) is 19.2. The first-order valence-corrected chi connectivity index (χ1v) is 15.2. The molecule has 48 heavy (non-hydrogen) atoms. The molecule has 224 valence electrons. The second-order valence-electron chi connectivity index (χ2n) is 11.3. The average Bonchev–Trinajstić information content (AvgIpc) is 3.82. The van der Waals surface area contributed by atoms with Gasteiger partial charge >= 0.3 is 0 Å². The number of benzene rings is 7. The van der Waals surface area contributed by atoms with E-state index >= 15 is 0 Å². The molecule has 0 aliphatic heterocycles. The number of aromatic nitrogens is 3. The number of fused-ring (bicyclic) bond motifs is 8. The quantitative estimate of drug-likeness (QED) is 0.195. The number of hydrogen-bond acceptors (Lipinski definition) is 5. The summed E-state index contributed by atoms with van der Waals surface area (Å²) in [5.41, 5.74) is 3.88. The van der Waals surface area contributed by atoms with Gasteiger partial charge in [0.2, 0.25) is 0 Å². The van der Waals surface area contributed by atoms with Crippen molar-refractivity contribution < 1.29 is 21.2 Å². The number of rotatable bonds is 4. The molecule has 10 aromatic rings. The minimum atomic E-state index is -0.568. The Morgan fingerprint density at radius 2 is 1.12 bits per heavy atom. The molecule has 0 fully saturated rings. The Bertz CT molecular complexity index is 3350. The third-order valence-corrected chi connectivity index (χ3v) is 8.45. The molecular weight excluding hydrogens is 590 g/mol. The molecule has 7 aromatic carbocycles. The lowest BCUT2D eigenvalue weighted by molar-refractivity contribution is 0.669. The molecule has 0 N–H and O–H groups in total. The van der Waals surface area contributed by atoms with Gasteiger partial charge in [0.15, 0.2) is 17.5 Å². The molecule has 0 atom stereocenters. The van der Waals surface area contributed by atoms with Gasteiger partial charge in [-0.25, -0.2) is 15.0 Å². The highest BCUT2D eigenvalue weighted by atomic mass is 16.3. The van der Waals surface area contributed by atoms with Gasteiger partial charge in [-0.2, -0.15) is 0 Å². The molecule has 0 aliphatic carbocycles. The Kier molecular flexibility index (Phi) is 4.18. The van der Waals surface area contributed by atoms with Crippen molar-refractivity contribution in [2.75, 3.05) is 0 Å². The highest BCUT2D eigenvalue weighted by Gasteiger charge is 2.21. The Morgan fingerprint density at radius 3 is 1.98 bits per heavy atom. The second kappa shape index (κ2) is 10.5. The van der Waals surface area contributed by atoms with E-state index < -0.39 is 54.4 Å². The smallest absolute Gasteiger partial charge is 0.167 e. The van der Waals surface area contributed by atoms with Crippen molar-refractivity contribution in [1.29, 1.82) is 0 Å². The fourth-order valence-corrected chi connectivity index (χ4v) is 6.26. The summed E-state index contributed by atoms with van der Waals surface area (Å²) in [6, 6.07) is 26.1. The summed E-state index contributed by atoms with van der Waals surface area (Å²) in [6.07, 6.45) is 0. The topological polar surface area (TPSA) is 65.0 Å². The van der Waals surface area contributed by atoms with Crippen LogP contribution in [-0.2, 0) is 0 Å². The van der Waals surface area contributed by atoms with Crippen LogP contribution in [0.3, 0.4) is 0 Å². The molecule has 0 aliphatic rings. The van der Waals surface area contributed by atoms with Gasteiger partial charge in [0.1, 0.15) is 22.3 Å². The molecule has 0 unspecified atom stereocenters. The van der Waals surface area contributed by atoms with E-state index in [1.165, 1.54) is 0 Å². The van der Waals surface area contributed by atoms with Gasteiger partial charge in [0, 0.05) is 38.1 Å². The van der Waals surface area contributed by atoms with Crippen molar-refractivity contribution in [1.82, 2.24) is 15.0 Å². The van der Waals surface area contributed by atoms with Crippen LogP contribution in [-0.4, -0.2) is 15.0 Å². The molecule has 0 radical (unpaired) electrons. The molecule has 5 heteroatoms. The van der Waals surface area contributed by atoms with Gasteiger partial charge in [-0.15, -0.1) is 0 Å². The van der Waals surface area contributed by atoms with E-state index in [0.717, 1.165) is 21.9 Å². The Hall–Kier alpha value is -6.59. The third-order valence-electron chi connectivity index (χ3n) is 8.45. The zero-order valence-corrected chi connectivity index (χ0v) is 24.9. The lowest BCUT2D eigenvalue weighted by atomic mass is 9.97. The standard InChI is InChI=1S/C43H25N3O2/c1-3-12-26(13-4-1)35-24-29(25-37-38(35)33-18-9-10-21-36(33)47-37)42-44-41(28-15-5-2-6-16-28)45-43(46-42)34-20-11-19-31-32-23-22-27-14-7-8-17-30(27)39(32)48-40(31)34/h1-25H/i7D,8D,11D,14D,17D,19D,20D,22D,23D. The van der Waals surface area contributed by atoms with Crippen molar-refractivity contribution in [2.45, 2.75) is 0 Å². The molecule has 0 saturated carbocycles. The van der Waals surface area contributed by atoms with Crippen LogP contribution >= 0.6 is 0 Å². The van der Waals surface area contributed by atoms with Crippen molar-refractivity contribution in [2.24, 2.45) is 0 Å². The van der Waals surface area contributed by atoms with Crippen molar-refractivity contribution in [3.63, 3.8) is 0 Å². The van der Waals surface area contributed by atoms with E-state index in [4.69, 9.17) is 34.8 Å². The fraction of sp³-hybridized carbons (Fsp3) is 0. The number of furan rings is 2. The minimum absolute atomic E-state index is 0.0730. The zero-order valence-electron chi connectivity index (χ0n) is 33.9. The predicted octanol–water partition coefficient (Wildman–Crippen LogP) is 11.5. The normalized spacial score (nSPS) is 14.4. The van der Waals surface area contributed by atoms with Crippen LogP contribution < -0.4 is 0 Å². The highest BCUT2D eigenvalue weighted by Crippen LogP contribution is 2.41. The number of para-hydroxylation sites is 2. The first-order valence-electron chi connectivity index (χ1n) is 19.7. The summed E-state index contributed by atoms with van der Waals surface area (Å²) in [5, 5.41) is 1.31. The average molecular weight is 625 g/mol. The summed E-state index contributed by atoms with van der Waals surface area (Å²) in [4.78, 5) is 14.6. The second-order valence-corrected chi connectivity index (χ2v) is 11.3. The third kappa shape index (κ3) is 4.15. The fourth-order valence-electron chi connectivity index (χ4n) is 6.26. The number of hydrogen-bond donors (Lipinski definition) is 0. The van der Waals surface area contributed by atoms with Crippen LogP contribution in [0.2, 0.25) is 0 Å². The first-order chi connectivity index (χ1) is 27.5. The van der Waals surface area contributed by atoms with Crippen LogP contribution in [0.1, 0.15) is 12.3 Å². The largest absolute Gasteiger partial charge is 0.456 e. The summed E-state index contributed by atoms with van der Waals surface area (Å²) in [6.45, 7) is 0. The molecule has 3 heterocycles. The van der Waals surface area contributed by atoms with E-state index in [2.05, 4.69) is 0 Å². The summed E-state index contributed by atoms with van der Waals surface area (Å²) in [7, 11) is 0. The Morgan fingerprint density at radius 1 is 0.438 bits per heavy atom. The molecule has 0 saturated heterocycles. The molecule has 3 aromatic heterocycles. The predicted molar refractivity (Wildman–Crippen MR) is 194 cm³/mol. The monoisotopic (exact) mass is 624 g/mol. The van der Waals surface area contributed by atoms with Gasteiger partial charge < -0.3 is 8.83 Å². The molecule has 0 spiro atoms. The van der Waals surface area contributed by atoms with Gasteiger partial charge in [0.05, 0.1) is 17.9 Å². The molecule has 0 amide bonds. The van der Waals surface area contributed by atoms with Crippen LogP contribution in [0.4, 0.5) is 0 Å². The van der Waals surface area contributed by atoms with Crippen LogP contribution in [0.15, 0.2) is 160 Å². The zero-order chi connectivity index (χ0) is 39.4. The van der Waals surface area contributed by atoms with E-state index in [-0.39, 0.29) is 55.7 Å². The summed E-state index contributed by atoms with van der Waals surface area (Å²) >= 11 is 0. The lowest BCUT2D eigenvalue weighted by Gasteiger charge is -2.11. The van der Waals surface area contributed by atoms with Gasteiger partial charge in [-0.1, -0.05) is 121 Å². The Labute approximate surface area is 287 Å². The van der Waals surface area contributed by atoms with E-state index in [9.17, 15) is 1.37 Å². The minimum Gasteiger partial charge on any atom is -0.456 e. The summed E-state index contributed by atoms with van der Waals surface area (Å²) in [5.74, 6) is 0.370. The molecule has 0 bridgehead atoms. The van der Waals surface area contributed by atoms with E-state index in [0.29, 0.717) is 22.3 Å². The highest BCUT2D eigenvalue weighted by molar-refractivity contribution is 6.17. The van der Waals surface area contributed by atoms with Crippen molar-refractivity contribution >= 4 is 54.6 Å². The van der Waals surface area contributed by atoms with Crippen molar-refractivity contribution in [3.8, 4) is 45.3 Å². The lowest BCUT2D eigenvalue weighted by Crippen LogP contribution is -2.00. The maximum atomic E-state index is 9.20. The van der Waals surface area contributed by atoms with Crippen LogP contribution in [0.25, 0.3) is 99.9 Å². The molecular formula is C43H25N3O2. The van der Waals surface area contributed by atoms with Gasteiger partial charge in [-0.3, -0.25) is 0 Å². The SMILES string of the molecule is [2H]c1c([2H])c([2H])c2c(oc3c4c([2H])c([2H])c([2H])c([2H])c4c([2H])c([2H])c32)c1-c1nc(-c2ccccc2)nc(-c2cc(-c3ccccc3)c3c(c2)oc2ccccc23)n1. The van der Waals surface area contributed by atoms with Crippen LogP contribution in [0, 0.1) is 0 Å². The van der Waals surface area contributed by atoms with Gasteiger partial charge in [-0.05, 0) is 46.8 Å². The van der Waals surface area contributed by atoms with E-state index in [1.54, 1.807) is 0 Å². The molecule has 10 rings (SSSR count). The van der Waals surface area contributed by atoms with Crippen LogP contribution in [0.5, 0.6) is 0 Å². The maximum absolute atomic E-state index is 9.20. The maximum Gasteiger partial charge on any atom is 0.167 e. The van der Waals surface area contributed by atoms with Gasteiger partial charge in [0.25, 0.3) is 0 Å².